The Balaban J connectivity index is 1.95. The molecule has 4 heteroatoms. The highest BCUT2D eigenvalue weighted by molar-refractivity contribution is 5.81. The Morgan fingerprint density at radius 2 is 1.90 bits per heavy atom. The number of hydrogen-bond donors (Lipinski definition) is 2. The zero-order valence-electron chi connectivity index (χ0n) is 11.7. The van der Waals surface area contributed by atoms with Crippen molar-refractivity contribution < 1.29 is 14.7 Å². The van der Waals surface area contributed by atoms with Crippen molar-refractivity contribution in [2.75, 3.05) is 0 Å². The first kappa shape index (κ1) is 14.6. The lowest BCUT2D eigenvalue weighted by atomic mass is 10.0. The van der Waals surface area contributed by atoms with Crippen LogP contribution in [0.4, 0.5) is 0 Å². The van der Waals surface area contributed by atoms with Crippen molar-refractivity contribution in [1.29, 1.82) is 0 Å². The number of nitrogens with one attached hydrogen (secondary N) is 1. The van der Waals surface area contributed by atoms with Gasteiger partial charge in [0.2, 0.25) is 5.91 Å². The van der Waals surface area contributed by atoms with Gasteiger partial charge in [0.15, 0.2) is 0 Å². The van der Waals surface area contributed by atoms with Crippen LogP contribution in [-0.2, 0) is 9.59 Å². The van der Waals surface area contributed by atoms with Crippen LogP contribution in [0.15, 0.2) is 30.3 Å². The largest absolute Gasteiger partial charge is 0.481 e. The minimum absolute atomic E-state index is 0.00702. The molecule has 0 bridgehead atoms. The molecule has 2 N–H and O–H groups in total. The van der Waals surface area contributed by atoms with Crippen LogP contribution in [0.2, 0.25) is 0 Å². The monoisotopic (exact) mass is 275 g/mol. The van der Waals surface area contributed by atoms with Crippen LogP contribution in [0.1, 0.15) is 44.2 Å². The SMILES string of the molecule is CCC(NC(=O)C1CCC(C(=O)O)C1)c1ccccc1. The molecule has 1 aliphatic rings. The number of aliphatic carboxylic acids is 1. The van der Waals surface area contributed by atoms with Crippen LogP contribution < -0.4 is 5.32 Å². The Labute approximate surface area is 119 Å². The summed E-state index contributed by atoms with van der Waals surface area (Å²) in [6.07, 6.45) is 2.57. The first-order chi connectivity index (χ1) is 9.61. The first-order valence-corrected chi connectivity index (χ1v) is 7.20. The molecule has 1 aromatic rings. The van der Waals surface area contributed by atoms with E-state index in [1.807, 2.05) is 37.3 Å². The number of carbonyl (C=O) groups excluding carboxylic acids is 1. The van der Waals surface area contributed by atoms with Crippen LogP contribution in [-0.4, -0.2) is 17.0 Å². The van der Waals surface area contributed by atoms with Crippen molar-refractivity contribution in [2.24, 2.45) is 11.8 Å². The molecule has 0 saturated heterocycles. The number of rotatable bonds is 5. The maximum absolute atomic E-state index is 12.3. The molecule has 0 heterocycles. The minimum atomic E-state index is -0.782. The normalized spacial score (nSPS) is 23.2. The lowest BCUT2D eigenvalue weighted by Gasteiger charge is -2.20. The lowest BCUT2D eigenvalue weighted by Crippen LogP contribution is -2.33. The molecule has 0 aliphatic heterocycles. The number of amides is 1. The Morgan fingerprint density at radius 1 is 1.25 bits per heavy atom. The second kappa shape index (κ2) is 6.55. The molecule has 1 fully saturated rings. The van der Waals surface area contributed by atoms with Crippen molar-refractivity contribution in [1.82, 2.24) is 5.32 Å². The first-order valence-electron chi connectivity index (χ1n) is 7.20. The molecule has 1 saturated carbocycles. The molecule has 1 aromatic carbocycles. The number of benzene rings is 1. The minimum Gasteiger partial charge on any atom is -0.481 e. The standard InChI is InChI=1S/C16H21NO3/c1-2-14(11-6-4-3-5-7-11)17-15(18)12-8-9-13(10-12)16(19)20/h3-7,12-14H,2,8-10H2,1H3,(H,17,18)(H,19,20). The van der Waals surface area contributed by atoms with Gasteiger partial charge in [-0.15, -0.1) is 0 Å². The van der Waals surface area contributed by atoms with Gasteiger partial charge in [0.25, 0.3) is 0 Å². The molecule has 1 amide bonds. The van der Waals surface area contributed by atoms with Crippen LogP contribution in [0.25, 0.3) is 0 Å². The average Bonchev–Trinajstić information content (AvgIpc) is 2.95. The zero-order valence-corrected chi connectivity index (χ0v) is 11.7. The summed E-state index contributed by atoms with van der Waals surface area (Å²) in [5, 5.41) is 12.0. The number of carboxylic acids is 1. The summed E-state index contributed by atoms with van der Waals surface area (Å²) in [5.41, 5.74) is 1.09. The average molecular weight is 275 g/mol. The van der Waals surface area contributed by atoms with Crippen molar-refractivity contribution in [3.63, 3.8) is 0 Å². The van der Waals surface area contributed by atoms with E-state index < -0.39 is 5.97 Å². The number of hydrogen-bond acceptors (Lipinski definition) is 2. The Hall–Kier alpha value is -1.84. The van der Waals surface area contributed by atoms with Gasteiger partial charge in [-0.25, -0.2) is 0 Å². The highest BCUT2D eigenvalue weighted by Crippen LogP contribution is 2.31. The van der Waals surface area contributed by atoms with E-state index in [0.29, 0.717) is 19.3 Å². The van der Waals surface area contributed by atoms with E-state index in [9.17, 15) is 9.59 Å². The van der Waals surface area contributed by atoms with Crippen molar-refractivity contribution in [3.05, 3.63) is 35.9 Å². The molecule has 0 aromatic heterocycles. The highest BCUT2D eigenvalue weighted by Gasteiger charge is 2.34. The van der Waals surface area contributed by atoms with E-state index >= 15 is 0 Å². The Kier molecular flexibility index (Phi) is 4.77. The molecule has 0 spiro atoms. The molecule has 4 nitrogen and oxygen atoms in total. The molecule has 3 unspecified atom stereocenters. The van der Waals surface area contributed by atoms with Gasteiger partial charge in [-0.3, -0.25) is 9.59 Å². The van der Waals surface area contributed by atoms with Gasteiger partial charge in [-0.2, -0.15) is 0 Å². The summed E-state index contributed by atoms with van der Waals surface area (Å²) < 4.78 is 0. The second-order valence-electron chi connectivity index (χ2n) is 5.43. The van der Waals surface area contributed by atoms with Crippen LogP contribution >= 0.6 is 0 Å². The Bertz CT molecular complexity index is 472. The third-order valence-electron chi connectivity index (χ3n) is 4.08. The van der Waals surface area contributed by atoms with Crippen LogP contribution in [0, 0.1) is 11.8 Å². The van der Waals surface area contributed by atoms with Gasteiger partial charge in [0, 0.05) is 5.92 Å². The fourth-order valence-corrected chi connectivity index (χ4v) is 2.84. The van der Waals surface area contributed by atoms with E-state index in [4.69, 9.17) is 5.11 Å². The molecule has 108 valence electrons. The van der Waals surface area contributed by atoms with E-state index in [1.165, 1.54) is 0 Å². The van der Waals surface area contributed by atoms with Crippen molar-refractivity contribution in [3.8, 4) is 0 Å². The molecule has 3 atom stereocenters. The van der Waals surface area contributed by atoms with Gasteiger partial charge in [-0.05, 0) is 31.2 Å². The van der Waals surface area contributed by atoms with E-state index in [-0.39, 0.29) is 23.8 Å². The van der Waals surface area contributed by atoms with Gasteiger partial charge in [0.05, 0.1) is 12.0 Å². The highest BCUT2D eigenvalue weighted by atomic mass is 16.4. The zero-order chi connectivity index (χ0) is 14.5. The summed E-state index contributed by atoms with van der Waals surface area (Å²) in [6.45, 7) is 2.03. The van der Waals surface area contributed by atoms with Crippen molar-refractivity contribution in [2.45, 2.75) is 38.6 Å². The number of carbonyl (C=O) groups is 2. The summed E-state index contributed by atoms with van der Waals surface area (Å²) in [4.78, 5) is 23.2. The summed E-state index contributed by atoms with van der Waals surface area (Å²) in [7, 11) is 0. The van der Waals surface area contributed by atoms with Crippen molar-refractivity contribution >= 4 is 11.9 Å². The predicted molar refractivity (Wildman–Crippen MR) is 76.1 cm³/mol. The fourth-order valence-electron chi connectivity index (χ4n) is 2.84. The predicted octanol–water partition coefficient (Wildman–Crippen LogP) is 2.75. The van der Waals surface area contributed by atoms with Gasteiger partial charge in [-0.1, -0.05) is 37.3 Å². The molecule has 1 aliphatic carbocycles. The molecular weight excluding hydrogens is 254 g/mol. The maximum Gasteiger partial charge on any atom is 0.306 e. The van der Waals surface area contributed by atoms with E-state index in [2.05, 4.69) is 5.32 Å². The topological polar surface area (TPSA) is 66.4 Å². The van der Waals surface area contributed by atoms with Gasteiger partial charge < -0.3 is 10.4 Å². The smallest absolute Gasteiger partial charge is 0.306 e. The van der Waals surface area contributed by atoms with Gasteiger partial charge >= 0.3 is 5.97 Å². The molecule has 20 heavy (non-hydrogen) atoms. The van der Waals surface area contributed by atoms with E-state index in [1.54, 1.807) is 0 Å². The molecule has 0 radical (unpaired) electrons. The van der Waals surface area contributed by atoms with Crippen LogP contribution in [0.3, 0.4) is 0 Å². The quantitative estimate of drug-likeness (QED) is 0.868. The summed E-state index contributed by atoms with van der Waals surface area (Å²) in [6, 6.07) is 9.88. The van der Waals surface area contributed by atoms with E-state index in [0.717, 1.165) is 12.0 Å². The van der Waals surface area contributed by atoms with Crippen LogP contribution in [0.5, 0.6) is 0 Å². The summed E-state index contributed by atoms with van der Waals surface area (Å²) >= 11 is 0. The fraction of sp³-hybridized carbons (Fsp3) is 0.500. The third kappa shape index (κ3) is 3.38. The summed E-state index contributed by atoms with van der Waals surface area (Å²) in [5.74, 6) is -1.31. The second-order valence-corrected chi connectivity index (χ2v) is 5.43. The third-order valence-corrected chi connectivity index (χ3v) is 4.08. The Morgan fingerprint density at radius 3 is 2.45 bits per heavy atom. The maximum atomic E-state index is 12.3. The van der Waals surface area contributed by atoms with Gasteiger partial charge in [0.1, 0.15) is 0 Å². The molecule has 2 rings (SSSR count). The number of carboxylic acid groups (broad SMARTS) is 1. The molecular formula is C16H21NO3. The lowest BCUT2D eigenvalue weighted by molar-refractivity contribution is -0.141.